The molecule has 14 rings (SSSR count). The third kappa shape index (κ3) is 6.11. The van der Waals surface area contributed by atoms with E-state index in [-0.39, 0.29) is 5.41 Å². The van der Waals surface area contributed by atoms with Crippen molar-refractivity contribution in [3.05, 3.63) is 242 Å². The Hall–Kier alpha value is -8.86. The average molecular weight is 911 g/mol. The molecule has 0 bridgehead atoms. The lowest BCUT2D eigenvalue weighted by Crippen LogP contribution is -2.24. The minimum absolute atomic E-state index is 0.0986. The van der Waals surface area contributed by atoms with Gasteiger partial charge in [-0.15, -0.1) is 0 Å². The lowest BCUT2D eigenvalue weighted by molar-refractivity contribution is 0.660. The predicted molar refractivity (Wildman–Crippen MR) is 301 cm³/mol. The van der Waals surface area contributed by atoms with Gasteiger partial charge in [-0.05, 0) is 162 Å². The largest absolute Gasteiger partial charge is 0.341 e. The standard InChI is InChI=1S/C67H50N4/c1-67(2)55-24-9-8-23-49(55)50-36-33-45(40-56(50)67)44-21-18-22-46(39-44)66-52-38-35-47(70-61-29-14-10-25-57(61)68(3)58-26-11-15-30-62(58)70)41-53(52)65(43-19-6-5-7-20-43)51-37-34-48(42-54(51)66)71-63-31-16-12-27-59(63)69(4)60-28-13-17-32-64(60)71/h5-42H,1-4H3. The summed E-state index contributed by atoms with van der Waals surface area (Å²) in [5, 5.41) is 4.82. The summed E-state index contributed by atoms with van der Waals surface area (Å²) in [6, 6.07) is 85.7. The molecule has 0 spiro atoms. The fourth-order valence-corrected chi connectivity index (χ4v) is 12.3. The van der Waals surface area contributed by atoms with Crippen LogP contribution in [-0.4, -0.2) is 14.1 Å². The summed E-state index contributed by atoms with van der Waals surface area (Å²) in [5.74, 6) is 0. The lowest BCUT2D eigenvalue weighted by Gasteiger charge is -2.39. The van der Waals surface area contributed by atoms with Gasteiger partial charge in [-0.1, -0.05) is 159 Å². The van der Waals surface area contributed by atoms with E-state index in [0.717, 1.165) is 34.1 Å². The van der Waals surface area contributed by atoms with E-state index >= 15 is 0 Å². The Morgan fingerprint density at radius 1 is 0.282 bits per heavy atom. The van der Waals surface area contributed by atoms with Gasteiger partial charge in [-0.3, -0.25) is 0 Å². The highest BCUT2D eigenvalue weighted by Gasteiger charge is 2.36. The molecule has 0 saturated heterocycles. The van der Waals surface area contributed by atoms with Gasteiger partial charge in [0.05, 0.1) is 45.5 Å². The minimum Gasteiger partial charge on any atom is -0.341 e. The Morgan fingerprint density at radius 3 is 1.23 bits per heavy atom. The third-order valence-electron chi connectivity index (χ3n) is 15.7. The average Bonchev–Trinajstić information content (AvgIpc) is 3.65. The first kappa shape index (κ1) is 41.1. The Labute approximate surface area is 415 Å². The second kappa shape index (κ2) is 15.6. The van der Waals surface area contributed by atoms with Crippen LogP contribution in [0.3, 0.4) is 0 Å². The number of nitrogens with zero attached hydrogens (tertiary/aromatic N) is 4. The monoisotopic (exact) mass is 910 g/mol. The molecule has 3 aliphatic rings. The first-order valence-corrected chi connectivity index (χ1v) is 24.7. The van der Waals surface area contributed by atoms with Gasteiger partial charge < -0.3 is 19.6 Å². The summed E-state index contributed by atoms with van der Waals surface area (Å²) in [7, 11) is 4.35. The lowest BCUT2D eigenvalue weighted by atomic mass is 9.81. The molecule has 71 heavy (non-hydrogen) atoms. The Morgan fingerprint density at radius 2 is 0.690 bits per heavy atom. The van der Waals surface area contributed by atoms with Gasteiger partial charge in [0.1, 0.15) is 0 Å². The van der Waals surface area contributed by atoms with Gasteiger partial charge in [0.25, 0.3) is 0 Å². The number of rotatable bonds is 5. The maximum atomic E-state index is 2.46. The number of hydrogen-bond acceptors (Lipinski definition) is 4. The predicted octanol–water partition coefficient (Wildman–Crippen LogP) is 18.4. The normalized spacial score (nSPS) is 13.9. The number of anilines is 10. The van der Waals surface area contributed by atoms with Gasteiger partial charge in [0.15, 0.2) is 0 Å². The fourth-order valence-electron chi connectivity index (χ4n) is 12.3. The van der Waals surface area contributed by atoms with Crippen LogP contribution in [0.15, 0.2) is 231 Å². The second-order valence-electron chi connectivity index (χ2n) is 19.8. The number of benzene rings is 11. The number of hydrogen-bond donors (Lipinski definition) is 0. The number of para-hydroxylation sites is 8. The van der Waals surface area contributed by atoms with Crippen LogP contribution in [0.5, 0.6) is 0 Å². The molecule has 4 heteroatoms. The van der Waals surface area contributed by atoms with Crippen LogP contribution >= 0.6 is 0 Å². The maximum absolute atomic E-state index is 2.46. The molecule has 0 unspecified atom stereocenters. The smallest absolute Gasteiger partial charge is 0.0699 e. The van der Waals surface area contributed by atoms with Crippen molar-refractivity contribution in [1.82, 2.24) is 0 Å². The van der Waals surface area contributed by atoms with Crippen LogP contribution in [0.1, 0.15) is 25.0 Å². The molecule has 338 valence electrons. The topological polar surface area (TPSA) is 13.0 Å². The molecular weight excluding hydrogens is 861 g/mol. The van der Waals surface area contributed by atoms with Crippen molar-refractivity contribution in [2.75, 3.05) is 33.7 Å². The van der Waals surface area contributed by atoms with Crippen molar-refractivity contribution in [2.45, 2.75) is 19.3 Å². The molecule has 2 heterocycles. The summed E-state index contributed by atoms with van der Waals surface area (Å²) in [6.07, 6.45) is 0. The molecule has 0 aromatic heterocycles. The van der Waals surface area contributed by atoms with E-state index < -0.39 is 0 Å². The van der Waals surface area contributed by atoms with Gasteiger partial charge in [0, 0.05) is 30.9 Å². The molecule has 4 nitrogen and oxygen atoms in total. The highest BCUT2D eigenvalue weighted by Crippen LogP contribution is 2.56. The second-order valence-corrected chi connectivity index (χ2v) is 19.8. The van der Waals surface area contributed by atoms with E-state index in [1.165, 1.54) is 99.9 Å². The van der Waals surface area contributed by atoms with Crippen molar-refractivity contribution < 1.29 is 0 Å². The van der Waals surface area contributed by atoms with Gasteiger partial charge in [0.2, 0.25) is 0 Å². The van der Waals surface area contributed by atoms with E-state index in [1.54, 1.807) is 0 Å². The highest BCUT2D eigenvalue weighted by molar-refractivity contribution is 6.23. The highest BCUT2D eigenvalue weighted by atomic mass is 15.3. The molecule has 11 aromatic carbocycles. The van der Waals surface area contributed by atoms with E-state index in [0.29, 0.717) is 0 Å². The third-order valence-corrected chi connectivity index (χ3v) is 15.7. The molecule has 1 aliphatic carbocycles. The summed E-state index contributed by atoms with van der Waals surface area (Å²) in [5.41, 5.74) is 24.1. The van der Waals surface area contributed by atoms with E-state index in [1.807, 2.05) is 0 Å². The Kier molecular flexibility index (Phi) is 9.03. The van der Waals surface area contributed by atoms with E-state index in [9.17, 15) is 0 Å². The molecule has 2 aliphatic heterocycles. The fraction of sp³-hybridized carbons (Fsp3) is 0.0746. The molecule has 0 atom stereocenters. The van der Waals surface area contributed by atoms with Crippen LogP contribution in [0, 0.1) is 0 Å². The molecule has 0 amide bonds. The Bertz CT molecular complexity index is 3890. The molecule has 0 saturated carbocycles. The summed E-state index contributed by atoms with van der Waals surface area (Å²) in [4.78, 5) is 9.52. The molecule has 0 fully saturated rings. The molecular formula is C67H50N4. The van der Waals surface area contributed by atoms with Gasteiger partial charge >= 0.3 is 0 Å². The molecule has 0 radical (unpaired) electrons. The Balaban J connectivity index is 1.05. The van der Waals surface area contributed by atoms with E-state index in [4.69, 9.17) is 0 Å². The zero-order valence-corrected chi connectivity index (χ0v) is 40.2. The van der Waals surface area contributed by atoms with Crippen molar-refractivity contribution in [1.29, 1.82) is 0 Å². The molecule has 0 N–H and O–H groups in total. The minimum atomic E-state index is -0.0986. The molecule has 11 aromatic rings. The summed E-state index contributed by atoms with van der Waals surface area (Å²) < 4.78 is 0. The SMILES string of the molecule is CN1c2ccccc2N(c2ccc3c(-c4cccc(-c5ccc6c(c5)C(C)(C)c5ccccc5-6)c4)c4cc(N5c6ccccc6N(C)c6ccccc65)ccc4c(-c4ccccc4)c3c2)c2ccccc21. The van der Waals surface area contributed by atoms with Crippen molar-refractivity contribution in [2.24, 2.45) is 0 Å². The number of fused-ring (bicyclic) bond motifs is 9. The zero-order chi connectivity index (χ0) is 47.5. The van der Waals surface area contributed by atoms with E-state index in [2.05, 4.69) is 278 Å². The van der Waals surface area contributed by atoms with Crippen molar-refractivity contribution >= 4 is 78.4 Å². The van der Waals surface area contributed by atoms with Crippen molar-refractivity contribution in [3.63, 3.8) is 0 Å². The van der Waals surface area contributed by atoms with Crippen LogP contribution in [0.2, 0.25) is 0 Å². The van der Waals surface area contributed by atoms with Crippen LogP contribution in [0.25, 0.3) is 66.1 Å². The quantitative estimate of drug-likeness (QED) is 0.160. The summed E-state index contributed by atoms with van der Waals surface area (Å²) >= 11 is 0. The van der Waals surface area contributed by atoms with Gasteiger partial charge in [-0.25, -0.2) is 0 Å². The van der Waals surface area contributed by atoms with Crippen molar-refractivity contribution in [3.8, 4) is 44.5 Å². The first-order valence-electron chi connectivity index (χ1n) is 24.7. The first-order chi connectivity index (χ1) is 34.8. The van der Waals surface area contributed by atoms with Crippen LogP contribution in [-0.2, 0) is 5.41 Å². The maximum Gasteiger partial charge on any atom is 0.0699 e. The van der Waals surface area contributed by atoms with Crippen LogP contribution in [0.4, 0.5) is 56.9 Å². The zero-order valence-electron chi connectivity index (χ0n) is 40.2. The van der Waals surface area contributed by atoms with Crippen LogP contribution < -0.4 is 19.6 Å². The van der Waals surface area contributed by atoms with Gasteiger partial charge in [-0.2, -0.15) is 0 Å². The summed E-state index contributed by atoms with van der Waals surface area (Å²) in [6.45, 7) is 4.74.